The molecule has 3 aliphatic rings. The number of nitrogens with one attached hydrogen (secondary N) is 3. The van der Waals surface area contributed by atoms with Gasteiger partial charge in [0.05, 0.1) is 18.7 Å². The van der Waals surface area contributed by atoms with E-state index >= 15 is 0 Å². The number of hydrogen-bond acceptors (Lipinski definition) is 10. The lowest BCUT2D eigenvalue weighted by atomic mass is 9.84. The number of carbonyl (C=O) groups excluding carboxylic acids is 4. The number of nitrogens with zero attached hydrogens (tertiary/aromatic N) is 1. The first-order valence-electron chi connectivity index (χ1n) is 19.0. The number of benzene rings is 3. The van der Waals surface area contributed by atoms with Crippen LogP contribution in [0.15, 0.2) is 66.7 Å². The molecule has 56 heavy (non-hydrogen) atoms. The smallest absolute Gasteiger partial charge is 0.322 e. The second kappa shape index (κ2) is 19.0. The number of thioether (sulfide) groups is 1. The van der Waals surface area contributed by atoms with Crippen molar-refractivity contribution < 1.29 is 54.2 Å². The molecule has 0 spiro atoms. The van der Waals surface area contributed by atoms with E-state index in [4.69, 9.17) is 20.7 Å². The number of carboxylic acid groups (broad SMARTS) is 1. The normalized spacial score (nSPS) is 19.7. The Kier molecular flexibility index (Phi) is 13.2. The molecule has 1 unspecified atom stereocenters. The summed E-state index contributed by atoms with van der Waals surface area (Å²) in [6, 6.07) is 16.0. The van der Waals surface area contributed by atoms with E-state index in [2.05, 4.69) is 16.0 Å². The highest BCUT2D eigenvalue weighted by molar-refractivity contribution is 8.00. The lowest BCUT2D eigenvalue weighted by Gasteiger charge is -2.47. The summed E-state index contributed by atoms with van der Waals surface area (Å²) in [5.41, 5.74) is 1.87. The van der Waals surface area contributed by atoms with Crippen LogP contribution in [0.2, 0.25) is 0 Å². The molecule has 0 radical (unpaired) electrons. The lowest BCUT2D eigenvalue weighted by molar-refractivity contribution is -0.138. The summed E-state index contributed by atoms with van der Waals surface area (Å²) >= 11 is 1.30. The van der Waals surface area contributed by atoms with Crippen LogP contribution >= 0.6 is 11.8 Å². The number of amides is 4. The van der Waals surface area contributed by atoms with Crippen LogP contribution in [-0.2, 0) is 24.0 Å². The van der Waals surface area contributed by atoms with E-state index in [9.17, 15) is 33.5 Å². The molecule has 298 valence electrons. The molecule has 16 heteroatoms. The van der Waals surface area contributed by atoms with Gasteiger partial charge in [0, 0.05) is 12.8 Å². The van der Waals surface area contributed by atoms with Gasteiger partial charge in [-0.15, -0.1) is 11.8 Å². The SMILES string of the molecule is [2H]C1(C[C@H](NC(=O)CNC(=O)COc2ccc([C@@H]3[C@@H](SCC(O)c4ccc5c(c4)OCCO5)C(=O)N3c3ccc(F)cc3)cc2)C(=O)NCC(=O)O)CCCCC1. The van der Waals surface area contributed by atoms with Gasteiger partial charge in [-0.25, -0.2) is 4.39 Å². The van der Waals surface area contributed by atoms with Gasteiger partial charge in [-0.05, 0) is 72.0 Å². The molecule has 1 saturated heterocycles. The van der Waals surface area contributed by atoms with Crippen LogP contribution in [0.4, 0.5) is 10.1 Å². The van der Waals surface area contributed by atoms with Crippen LogP contribution < -0.4 is 35.1 Å². The fourth-order valence-electron chi connectivity index (χ4n) is 6.82. The van der Waals surface area contributed by atoms with Crippen LogP contribution in [0, 0.1) is 11.7 Å². The number of anilines is 1. The van der Waals surface area contributed by atoms with Crippen molar-refractivity contribution in [2.45, 2.75) is 62.0 Å². The van der Waals surface area contributed by atoms with Gasteiger partial charge in [0.2, 0.25) is 17.7 Å². The highest BCUT2D eigenvalue weighted by atomic mass is 32.2. The minimum absolute atomic E-state index is 0.0104. The van der Waals surface area contributed by atoms with Crippen LogP contribution in [0.1, 0.15) is 63.2 Å². The lowest BCUT2D eigenvalue weighted by Crippen LogP contribution is -2.57. The molecule has 4 atom stereocenters. The third kappa shape index (κ3) is 10.5. The largest absolute Gasteiger partial charge is 0.486 e. The van der Waals surface area contributed by atoms with Gasteiger partial charge in [0.15, 0.2) is 18.1 Å². The third-order valence-corrected chi connectivity index (χ3v) is 11.0. The molecule has 0 aromatic heterocycles. The third-order valence-electron chi connectivity index (χ3n) is 9.69. The van der Waals surface area contributed by atoms with Crippen molar-refractivity contribution in [3.8, 4) is 17.2 Å². The highest BCUT2D eigenvalue weighted by Crippen LogP contribution is 2.46. The van der Waals surface area contributed by atoms with E-state index in [-0.39, 0.29) is 18.1 Å². The predicted octanol–water partition coefficient (Wildman–Crippen LogP) is 3.67. The molecule has 5 N–H and O–H groups in total. The highest BCUT2D eigenvalue weighted by Gasteiger charge is 2.49. The van der Waals surface area contributed by atoms with Gasteiger partial charge in [-0.1, -0.05) is 50.3 Å². The molecule has 1 aliphatic carbocycles. The van der Waals surface area contributed by atoms with E-state index in [1.54, 1.807) is 47.4 Å². The Labute approximate surface area is 328 Å². The van der Waals surface area contributed by atoms with Crippen LogP contribution in [0.5, 0.6) is 17.2 Å². The summed E-state index contributed by atoms with van der Waals surface area (Å²) in [4.78, 5) is 64.2. The van der Waals surface area contributed by atoms with E-state index in [0.29, 0.717) is 54.6 Å². The van der Waals surface area contributed by atoms with Gasteiger partial charge in [0.25, 0.3) is 5.91 Å². The Balaban J connectivity index is 1.03. The zero-order chi connectivity index (χ0) is 40.5. The number of carbonyl (C=O) groups is 5. The summed E-state index contributed by atoms with van der Waals surface area (Å²) in [5.74, 6) is -3.15. The fraction of sp³-hybridized carbons (Fsp3) is 0.425. The molecule has 2 heterocycles. The number of aliphatic hydroxyl groups is 1. The van der Waals surface area contributed by atoms with Crippen molar-refractivity contribution in [3.05, 3.63) is 83.7 Å². The molecule has 6 rings (SSSR count). The molecular weight excluding hydrogens is 748 g/mol. The van der Waals surface area contributed by atoms with E-state index in [0.717, 1.165) is 24.8 Å². The first kappa shape index (κ1) is 38.9. The van der Waals surface area contributed by atoms with Gasteiger partial charge >= 0.3 is 5.97 Å². The van der Waals surface area contributed by atoms with Crippen LogP contribution in [0.25, 0.3) is 0 Å². The number of β-lactam (4-membered cyclic amide) rings is 1. The Hall–Kier alpha value is -5.35. The first-order valence-corrected chi connectivity index (χ1v) is 19.5. The van der Waals surface area contributed by atoms with Crippen molar-refractivity contribution in [1.29, 1.82) is 0 Å². The van der Waals surface area contributed by atoms with Crippen molar-refractivity contribution in [2.75, 3.05) is 43.6 Å². The maximum atomic E-state index is 13.8. The fourth-order valence-corrected chi connectivity index (χ4v) is 8.12. The number of halogens is 1. The molecule has 2 fully saturated rings. The number of aliphatic carboxylic acids is 1. The van der Waals surface area contributed by atoms with Gasteiger partial charge in [-0.2, -0.15) is 0 Å². The summed E-state index contributed by atoms with van der Waals surface area (Å²) in [7, 11) is 0. The molecule has 4 amide bonds. The van der Waals surface area contributed by atoms with E-state index < -0.39 is 78.5 Å². The number of aliphatic hydroxyl groups excluding tert-OH is 1. The minimum atomic E-state index is -1.25. The summed E-state index contributed by atoms with van der Waals surface area (Å²) in [5, 5.41) is 26.7. The van der Waals surface area contributed by atoms with Crippen molar-refractivity contribution in [2.24, 2.45) is 5.89 Å². The maximum absolute atomic E-state index is 13.8. The summed E-state index contributed by atoms with van der Waals surface area (Å²) in [6.07, 6.45) is 2.85. The molecule has 3 aromatic rings. The van der Waals surface area contributed by atoms with E-state index in [1.165, 1.54) is 36.0 Å². The van der Waals surface area contributed by atoms with Gasteiger partial charge in [0.1, 0.15) is 42.6 Å². The zero-order valence-corrected chi connectivity index (χ0v) is 31.4. The Morgan fingerprint density at radius 2 is 1.64 bits per heavy atom. The second-order valence-electron chi connectivity index (χ2n) is 13.7. The quantitative estimate of drug-likeness (QED) is 0.125. The standard InChI is InChI=1S/C40H45FN4O10S/c41-27-9-11-28(12-10-27)45-37(38(40(45)52)56-23-31(46)26-8-15-32-33(19-26)54-17-16-53-32)25-6-13-29(14-7-25)55-22-35(48)42-20-34(47)44-30(39(51)43-21-36(49)50)18-24-4-2-1-3-5-24/h6-15,19,24,30-31,37-38,46H,1-5,16-18,20-23H2,(H,42,48)(H,43,51)(H,44,47)(H,49,50)/t30-,31?,37+,38+/m0/s1/i24D. The van der Waals surface area contributed by atoms with Crippen molar-refractivity contribution >= 4 is 47.0 Å². The number of rotatable bonds is 17. The van der Waals surface area contributed by atoms with Crippen LogP contribution in [-0.4, -0.2) is 89.8 Å². The molecule has 3 aromatic carbocycles. The molecule has 14 nitrogen and oxygen atoms in total. The zero-order valence-electron chi connectivity index (χ0n) is 31.5. The Morgan fingerprint density at radius 3 is 2.36 bits per heavy atom. The molecule has 2 aliphatic heterocycles. The number of fused-ring (bicyclic) bond motifs is 1. The summed E-state index contributed by atoms with van der Waals surface area (Å²) in [6.45, 7) is -0.699. The van der Waals surface area contributed by atoms with Crippen molar-refractivity contribution in [1.82, 2.24) is 16.0 Å². The maximum Gasteiger partial charge on any atom is 0.322 e. The first-order chi connectivity index (χ1) is 27.4. The van der Waals surface area contributed by atoms with Crippen molar-refractivity contribution in [3.63, 3.8) is 0 Å². The number of ether oxygens (including phenoxy) is 3. The minimum Gasteiger partial charge on any atom is -0.486 e. The predicted molar refractivity (Wildman–Crippen MR) is 204 cm³/mol. The molecular formula is C40H45FN4O10S. The van der Waals surface area contributed by atoms with E-state index in [1.807, 2.05) is 0 Å². The average Bonchev–Trinajstić information content (AvgIpc) is 3.21. The number of hydrogen-bond donors (Lipinski definition) is 5. The Morgan fingerprint density at radius 1 is 0.929 bits per heavy atom. The Bertz CT molecular complexity index is 1930. The summed E-state index contributed by atoms with van der Waals surface area (Å²) < 4.78 is 39.4. The molecule has 0 bridgehead atoms. The second-order valence-corrected chi connectivity index (χ2v) is 14.9. The number of carboxylic acids is 1. The monoisotopic (exact) mass is 793 g/mol. The topological polar surface area (TPSA) is 193 Å². The van der Waals surface area contributed by atoms with Crippen LogP contribution in [0.3, 0.4) is 0 Å². The molecule has 1 saturated carbocycles. The average molecular weight is 794 g/mol. The van der Waals surface area contributed by atoms with Gasteiger partial charge in [-0.3, -0.25) is 24.0 Å². The van der Waals surface area contributed by atoms with Gasteiger partial charge < -0.3 is 45.3 Å².